The molecule has 0 unspecified atom stereocenters. The monoisotopic (exact) mass is 497 g/mol. The van der Waals surface area contributed by atoms with E-state index in [1.165, 1.54) is 33.4 Å². The maximum atomic E-state index is 6.41. The molecule has 182 valence electrons. The van der Waals surface area contributed by atoms with Gasteiger partial charge < -0.3 is 9.23 Å². The molecule has 0 atom stereocenters. The number of benzene rings is 6. The summed E-state index contributed by atoms with van der Waals surface area (Å²) in [6.45, 7) is 0.0713. The van der Waals surface area contributed by atoms with Crippen LogP contribution in [0.5, 0.6) is 0 Å². The van der Waals surface area contributed by atoms with Crippen LogP contribution in [0.3, 0.4) is 0 Å². The second-order valence-corrected chi connectivity index (χ2v) is 10.1. The fourth-order valence-corrected chi connectivity index (χ4v) is 6.20. The molecular formula is C36H24BNO. The van der Waals surface area contributed by atoms with Gasteiger partial charge in [0.1, 0.15) is 11.2 Å². The Balaban J connectivity index is 1.38. The summed E-state index contributed by atoms with van der Waals surface area (Å²) in [5, 5.41) is 2.30. The van der Waals surface area contributed by atoms with Crippen molar-refractivity contribution in [1.82, 2.24) is 0 Å². The van der Waals surface area contributed by atoms with E-state index in [1.54, 1.807) is 0 Å². The van der Waals surface area contributed by atoms with Crippen molar-refractivity contribution in [2.24, 2.45) is 0 Å². The first-order valence-electron chi connectivity index (χ1n) is 13.4. The van der Waals surface area contributed by atoms with Gasteiger partial charge in [-0.1, -0.05) is 121 Å². The molecule has 1 aliphatic heterocycles. The summed E-state index contributed by atoms with van der Waals surface area (Å²) >= 11 is 0. The van der Waals surface area contributed by atoms with Crippen molar-refractivity contribution >= 4 is 51.1 Å². The average Bonchev–Trinajstić information content (AvgIpc) is 3.40. The van der Waals surface area contributed by atoms with Crippen LogP contribution in [0.1, 0.15) is 0 Å². The zero-order chi connectivity index (χ0) is 25.8. The van der Waals surface area contributed by atoms with E-state index in [2.05, 4.69) is 138 Å². The third kappa shape index (κ3) is 3.44. The fourth-order valence-electron chi connectivity index (χ4n) is 6.20. The molecule has 0 aliphatic carbocycles. The molecular weight excluding hydrogens is 473 g/mol. The summed E-state index contributed by atoms with van der Waals surface area (Å²) in [6.07, 6.45) is 0. The van der Waals surface area contributed by atoms with E-state index in [0.717, 1.165) is 33.1 Å². The molecule has 0 saturated heterocycles. The Hall–Kier alpha value is -5.02. The van der Waals surface area contributed by atoms with Crippen molar-refractivity contribution in [3.63, 3.8) is 0 Å². The lowest BCUT2D eigenvalue weighted by atomic mass is 9.45. The van der Waals surface area contributed by atoms with Crippen LogP contribution in [0.15, 0.2) is 150 Å². The zero-order valence-electron chi connectivity index (χ0n) is 21.3. The number of anilines is 2. The molecule has 6 aromatic carbocycles. The van der Waals surface area contributed by atoms with Crippen LogP contribution in [0.4, 0.5) is 11.4 Å². The lowest BCUT2D eigenvalue weighted by Crippen LogP contribution is -2.57. The summed E-state index contributed by atoms with van der Waals surface area (Å²) in [4.78, 5) is 2.48. The molecule has 2 heterocycles. The van der Waals surface area contributed by atoms with Crippen LogP contribution in [-0.4, -0.2) is 6.85 Å². The number of para-hydroxylation sites is 3. The Morgan fingerprint density at radius 1 is 0.513 bits per heavy atom. The van der Waals surface area contributed by atoms with Crippen LogP contribution in [0, 0.1) is 0 Å². The van der Waals surface area contributed by atoms with Gasteiger partial charge in [-0.3, -0.25) is 0 Å². The van der Waals surface area contributed by atoms with Crippen LogP contribution in [-0.2, 0) is 0 Å². The third-order valence-electron chi connectivity index (χ3n) is 7.92. The first-order valence-corrected chi connectivity index (χ1v) is 13.4. The molecule has 8 rings (SSSR count). The molecule has 0 fully saturated rings. The molecule has 0 bridgehead atoms. The van der Waals surface area contributed by atoms with Gasteiger partial charge in [0.15, 0.2) is 0 Å². The van der Waals surface area contributed by atoms with Gasteiger partial charge in [-0.2, -0.15) is 0 Å². The number of nitrogens with zero attached hydrogens (tertiary/aromatic N) is 1. The van der Waals surface area contributed by atoms with Crippen molar-refractivity contribution in [2.45, 2.75) is 0 Å². The smallest absolute Gasteiger partial charge is 0.328 e. The van der Waals surface area contributed by atoms with E-state index < -0.39 is 0 Å². The minimum absolute atomic E-state index is 0.0713. The molecule has 39 heavy (non-hydrogen) atoms. The molecule has 0 radical (unpaired) electrons. The largest absolute Gasteiger partial charge is 0.455 e. The van der Waals surface area contributed by atoms with E-state index in [4.69, 9.17) is 4.42 Å². The second-order valence-electron chi connectivity index (χ2n) is 10.1. The van der Waals surface area contributed by atoms with Gasteiger partial charge in [-0.05, 0) is 46.9 Å². The highest BCUT2D eigenvalue weighted by atomic mass is 16.3. The average molecular weight is 497 g/mol. The van der Waals surface area contributed by atoms with Crippen molar-refractivity contribution in [3.05, 3.63) is 146 Å². The summed E-state index contributed by atoms with van der Waals surface area (Å²) in [5.74, 6) is 0. The molecule has 7 aromatic rings. The van der Waals surface area contributed by atoms with E-state index in [9.17, 15) is 0 Å². The fraction of sp³-hybridized carbons (Fsp3) is 0. The molecule has 1 aromatic heterocycles. The Kier molecular flexibility index (Phi) is 4.96. The summed E-state index contributed by atoms with van der Waals surface area (Å²) in [5.41, 5.74) is 11.6. The first kappa shape index (κ1) is 22.0. The van der Waals surface area contributed by atoms with Crippen molar-refractivity contribution < 1.29 is 4.42 Å². The highest BCUT2D eigenvalue weighted by Crippen LogP contribution is 2.43. The minimum atomic E-state index is 0.0713. The molecule has 1 aliphatic rings. The maximum absolute atomic E-state index is 6.41. The Morgan fingerprint density at radius 3 is 2.08 bits per heavy atom. The Labute approximate surface area is 227 Å². The lowest BCUT2D eigenvalue weighted by Gasteiger charge is -2.39. The van der Waals surface area contributed by atoms with Crippen LogP contribution in [0.2, 0.25) is 0 Å². The SMILES string of the molecule is c1ccc(B2c3ccccc3-c3cc(-c4cccc5c4oc4ccccc45)ccc3N2c2ccccc2)cc1. The summed E-state index contributed by atoms with van der Waals surface area (Å²) in [7, 11) is 0. The van der Waals surface area contributed by atoms with Crippen molar-refractivity contribution in [3.8, 4) is 22.3 Å². The van der Waals surface area contributed by atoms with E-state index in [1.807, 2.05) is 12.1 Å². The van der Waals surface area contributed by atoms with Gasteiger partial charge >= 0.3 is 6.85 Å². The zero-order valence-corrected chi connectivity index (χ0v) is 21.3. The molecule has 0 amide bonds. The van der Waals surface area contributed by atoms with E-state index >= 15 is 0 Å². The lowest BCUT2D eigenvalue weighted by molar-refractivity contribution is 0.670. The second kappa shape index (κ2) is 8.78. The van der Waals surface area contributed by atoms with Gasteiger partial charge in [0.05, 0.1) is 0 Å². The number of furan rings is 1. The topological polar surface area (TPSA) is 16.4 Å². The van der Waals surface area contributed by atoms with Crippen molar-refractivity contribution in [1.29, 1.82) is 0 Å². The van der Waals surface area contributed by atoms with Crippen LogP contribution in [0.25, 0.3) is 44.2 Å². The van der Waals surface area contributed by atoms with Gasteiger partial charge in [0, 0.05) is 33.3 Å². The van der Waals surface area contributed by atoms with Gasteiger partial charge in [-0.15, -0.1) is 0 Å². The predicted molar refractivity (Wildman–Crippen MR) is 165 cm³/mol. The van der Waals surface area contributed by atoms with E-state index in [-0.39, 0.29) is 6.85 Å². The third-order valence-corrected chi connectivity index (χ3v) is 7.92. The summed E-state index contributed by atoms with van der Waals surface area (Å²) < 4.78 is 6.41. The van der Waals surface area contributed by atoms with Gasteiger partial charge in [-0.25, -0.2) is 0 Å². The van der Waals surface area contributed by atoms with Gasteiger partial charge in [0.25, 0.3) is 0 Å². The molecule has 2 nitrogen and oxygen atoms in total. The normalized spacial score (nSPS) is 12.5. The highest BCUT2D eigenvalue weighted by molar-refractivity contribution is 6.90. The standard InChI is InChI=1S/C36H24BNO/c1-3-12-26(13-4-1)37-33-20-9-7-16-29(33)32-24-25(22-23-34(32)38(37)27-14-5-2-6-15-27)28-18-11-19-31-30-17-8-10-21-35(30)39-36(28)31/h1-24H. The van der Waals surface area contributed by atoms with Gasteiger partial charge in [0.2, 0.25) is 0 Å². The van der Waals surface area contributed by atoms with Crippen LogP contribution < -0.4 is 15.7 Å². The molecule has 0 N–H and O–H groups in total. The molecule has 0 spiro atoms. The molecule has 0 saturated carbocycles. The first-order chi connectivity index (χ1) is 19.4. The highest BCUT2D eigenvalue weighted by Gasteiger charge is 2.37. The number of hydrogen-bond acceptors (Lipinski definition) is 2. The maximum Gasteiger partial charge on any atom is 0.328 e. The predicted octanol–water partition coefficient (Wildman–Crippen LogP) is 8.18. The van der Waals surface area contributed by atoms with Crippen molar-refractivity contribution in [2.75, 3.05) is 4.81 Å². The van der Waals surface area contributed by atoms with E-state index in [0.29, 0.717) is 0 Å². The molecule has 3 heteroatoms. The minimum Gasteiger partial charge on any atom is -0.455 e. The number of fused-ring (bicyclic) bond motifs is 6. The quantitative estimate of drug-likeness (QED) is 0.229. The Morgan fingerprint density at radius 2 is 1.21 bits per heavy atom. The number of hydrogen-bond donors (Lipinski definition) is 0. The van der Waals surface area contributed by atoms with Crippen LogP contribution >= 0.6 is 0 Å². The Bertz CT molecular complexity index is 1980. The number of rotatable bonds is 3. The summed E-state index contributed by atoms with van der Waals surface area (Å²) in [6, 6.07) is 52.0.